The van der Waals surface area contributed by atoms with E-state index in [1.807, 2.05) is 12.4 Å². The van der Waals surface area contributed by atoms with E-state index in [0.717, 1.165) is 50.3 Å². The molecule has 3 heterocycles. The van der Waals surface area contributed by atoms with Crippen molar-refractivity contribution in [3.8, 4) is 0 Å². The lowest BCUT2D eigenvalue weighted by Gasteiger charge is -2.21. The maximum absolute atomic E-state index is 5.58. The zero-order valence-corrected chi connectivity index (χ0v) is 14.4. The Morgan fingerprint density at radius 2 is 2.27 bits per heavy atom. The van der Waals surface area contributed by atoms with E-state index in [1.54, 1.807) is 17.5 Å². The summed E-state index contributed by atoms with van der Waals surface area (Å²) >= 11 is 1.76. The number of hydrogen-bond donors (Lipinski definition) is 0. The Labute approximate surface area is 136 Å². The molecule has 1 fully saturated rings. The van der Waals surface area contributed by atoms with Gasteiger partial charge in [-0.15, -0.1) is 11.3 Å². The molecule has 0 saturated carbocycles. The van der Waals surface area contributed by atoms with Gasteiger partial charge in [-0.2, -0.15) is 0 Å². The molecule has 2 aromatic rings. The van der Waals surface area contributed by atoms with Crippen LogP contribution in [0.5, 0.6) is 0 Å². The largest absolute Gasteiger partial charge is 0.445 e. The lowest BCUT2D eigenvalue weighted by atomic mass is 10.1. The summed E-state index contributed by atoms with van der Waals surface area (Å²) < 4.78 is 5.58. The van der Waals surface area contributed by atoms with Gasteiger partial charge in [-0.3, -0.25) is 4.90 Å². The van der Waals surface area contributed by atoms with Crippen molar-refractivity contribution in [3.63, 3.8) is 0 Å². The average molecular weight is 320 g/mol. The van der Waals surface area contributed by atoms with Crippen LogP contribution in [0.15, 0.2) is 16.1 Å². The highest BCUT2D eigenvalue weighted by Gasteiger charge is 2.24. The first kappa shape index (κ1) is 15.6. The zero-order chi connectivity index (χ0) is 15.5. The van der Waals surface area contributed by atoms with Gasteiger partial charge in [0, 0.05) is 24.5 Å². The molecule has 120 valence electrons. The van der Waals surface area contributed by atoms with Gasteiger partial charge in [-0.25, -0.2) is 9.97 Å². The van der Waals surface area contributed by atoms with Crippen LogP contribution in [0.1, 0.15) is 28.6 Å². The van der Waals surface area contributed by atoms with E-state index in [0.29, 0.717) is 0 Å². The highest BCUT2D eigenvalue weighted by Crippen LogP contribution is 2.21. The Morgan fingerprint density at radius 3 is 2.95 bits per heavy atom. The van der Waals surface area contributed by atoms with Gasteiger partial charge in [0.25, 0.3) is 0 Å². The Hall–Kier alpha value is -1.24. The van der Waals surface area contributed by atoms with E-state index in [2.05, 4.69) is 33.7 Å². The molecule has 0 N–H and O–H groups in total. The summed E-state index contributed by atoms with van der Waals surface area (Å²) in [5, 5.41) is 0. The van der Waals surface area contributed by atoms with Crippen LogP contribution < -0.4 is 0 Å². The molecule has 1 aliphatic rings. The minimum absolute atomic E-state index is 0.731. The monoisotopic (exact) mass is 320 g/mol. The van der Waals surface area contributed by atoms with Crippen molar-refractivity contribution in [2.45, 2.75) is 33.4 Å². The molecule has 6 heteroatoms. The predicted molar refractivity (Wildman–Crippen MR) is 87.8 cm³/mol. The fourth-order valence-electron chi connectivity index (χ4n) is 3.10. The van der Waals surface area contributed by atoms with Crippen LogP contribution in [0.25, 0.3) is 0 Å². The predicted octanol–water partition coefficient (Wildman–Crippen LogP) is 2.70. The normalized spacial score (nSPS) is 19.4. The Bertz CT molecular complexity index is 609. The summed E-state index contributed by atoms with van der Waals surface area (Å²) in [6.07, 6.45) is 3.06. The number of nitrogens with zero attached hydrogens (tertiary/aromatic N) is 4. The van der Waals surface area contributed by atoms with Crippen LogP contribution in [0.3, 0.4) is 0 Å². The summed E-state index contributed by atoms with van der Waals surface area (Å²) in [7, 11) is 2.21. The second-order valence-corrected chi connectivity index (χ2v) is 7.25. The second kappa shape index (κ2) is 6.89. The number of hydrogen-bond acceptors (Lipinski definition) is 6. The summed E-state index contributed by atoms with van der Waals surface area (Å²) in [6, 6.07) is 0. The van der Waals surface area contributed by atoms with Crippen molar-refractivity contribution in [3.05, 3.63) is 33.9 Å². The van der Waals surface area contributed by atoms with Crippen LogP contribution in [-0.2, 0) is 13.1 Å². The number of aryl methyl sites for hydroxylation is 2. The maximum Gasteiger partial charge on any atom is 0.208 e. The minimum atomic E-state index is 0.731. The quantitative estimate of drug-likeness (QED) is 0.819. The zero-order valence-electron chi connectivity index (χ0n) is 13.6. The van der Waals surface area contributed by atoms with Crippen molar-refractivity contribution in [1.29, 1.82) is 0 Å². The van der Waals surface area contributed by atoms with Crippen LogP contribution in [-0.4, -0.2) is 46.4 Å². The van der Waals surface area contributed by atoms with Crippen LogP contribution in [0.2, 0.25) is 0 Å². The molecule has 3 rings (SSSR count). The van der Waals surface area contributed by atoms with Gasteiger partial charge >= 0.3 is 0 Å². The van der Waals surface area contributed by atoms with Crippen molar-refractivity contribution in [1.82, 2.24) is 19.8 Å². The molecule has 5 nitrogen and oxygen atoms in total. The summed E-state index contributed by atoms with van der Waals surface area (Å²) in [5.74, 6) is 2.46. The minimum Gasteiger partial charge on any atom is -0.445 e. The third kappa shape index (κ3) is 3.94. The fourth-order valence-corrected chi connectivity index (χ4v) is 3.96. The van der Waals surface area contributed by atoms with Crippen LogP contribution >= 0.6 is 11.3 Å². The van der Waals surface area contributed by atoms with E-state index in [-0.39, 0.29) is 0 Å². The summed E-state index contributed by atoms with van der Waals surface area (Å²) in [6.45, 7) is 9.29. The number of likely N-dealkylation sites (tertiary alicyclic amines) is 1. The number of rotatable bonds is 6. The van der Waals surface area contributed by atoms with Crippen molar-refractivity contribution in [2.24, 2.45) is 5.92 Å². The summed E-state index contributed by atoms with van der Waals surface area (Å²) in [5.41, 5.74) is 3.11. The average Bonchev–Trinajstić information content (AvgIpc) is 3.16. The lowest BCUT2D eigenvalue weighted by molar-refractivity contribution is 0.244. The highest BCUT2D eigenvalue weighted by molar-refractivity contribution is 7.09. The topological polar surface area (TPSA) is 45.4 Å². The van der Waals surface area contributed by atoms with Crippen LogP contribution in [0.4, 0.5) is 0 Å². The highest BCUT2D eigenvalue weighted by atomic mass is 32.1. The second-order valence-electron chi connectivity index (χ2n) is 6.31. The maximum atomic E-state index is 5.58. The van der Waals surface area contributed by atoms with Crippen molar-refractivity contribution < 1.29 is 4.42 Å². The van der Waals surface area contributed by atoms with E-state index in [1.165, 1.54) is 17.0 Å². The molecule has 22 heavy (non-hydrogen) atoms. The summed E-state index contributed by atoms with van der Waals surface area (Å²) in [4.78, 5) is 14.9. The Balaban J connectivity index is 1.45. The van der Waals surface area contributed by atoms with Gasteiger partial charge in [-0.1, -0.05) is 0 Å². The molecular weight excluding hydrogens is 296 g/mol. The molecule has 1 aliphatic heterocycles. The standard InChI is InChI=1S/C16H24N4OS/c1-12-6-17-16(21-12)10-20-5-4-14(8-20)7-19(3)9-15-13(2)18-11-22-15/h6,11,14H,4-5,7-10H2,1-3H3. The molecule has 0 amide bonds. The first-order valence-electron chi connectivity index (χ1n) is 7.81. The van der Waals surface area contributed by atoms with Gasteiger partial charge in [0.05, 0.1) is 23.9 Å². The first-order chi connectivity index (χ1) is 10.6. The molecule has 0 bridgehead atoms. The van der Waals surface area contributed by atoms with Crippen molar-refractivity contribution in [2.75, 3.05) is 26.7 Å². The molecule has 1 unspecified atom stereocenters. The van der Waals surface area contributed by atoms with Gasteiger partial charge in [0.2, 0.25) is 5.89 Å². The van der Waals surface area contributed by atoms with Gasteiger partial charge in [0.1, 0.15) is 5.76 Å². The number of oxazole rings is 1. The molecule has 0 spiro atoms. The van der Waals surface area contributed by atoms with E-state index >= 15 is 0 Å². The number of thiazole rings is 1. The van der Waals surface area contributed by atoms with E-state index in [9.17, 15) is 0 Å². The lowest BCUT2D eigenvalue weighted by Crippen LogP contribution is -2.28. The molecule has 1 saturated heterocycles. The van der Waals surface area contributed by atoms with Gasteiger partial charge in [0.15, 0.2) is 0 Å². The third-order valence-corrected chi connectivity index (χ3v) is 5.15. The van der Waals surface area contributed by atoms with Crippen LogP contribution in [0, 0.1) is 19.8 Å². The first-order valence-corrected chi connectivity index (χ1v) is 8.69. The molecule has 0 radical (unpaired) electrons. The molecule has 0 aliphatic carbocycles. The number of aromatic nitrogens is 2. The Kier molecular flexibility index (Phi) is 4.90. The SMILES string of the molecule is Cc1cnc(CN2CCC(CN(C)Cc3scnc3C)C2)o1. The van der Waals surface area contributed by atoms with E-state index < -0.39 is 0 Å². The van der Waals surface area contributed by atoms with Crippen molar-refractivity contribution >= 4 is 11.3 Å². The van der Waals surface area contributed by atoms with Gasteiger partial charge in [-0.05, 0) is 39.8 Å². The fraction of sp³-hybridized carbons (Fsp3) is 0.625. The molecule has 0 aromatic carbocycles. The van der Waals surface area contributed by atoms with E-state index in [4.69, 9.17) is 4.42 Å². The smallest absolute Gasteiger partial charge is 0.208 e. The third-order valence-electron chi connectivity index (χ3n) is 4.23. The van der Waals surface area contributed by atoms with Gasteiger partial charge < -0.3 is 9.32 Å². The Morgan fingerprint density at radius 1 is 1.41 bits per heavy atom. The molecule has 2 aromatic heterocycles. The molecule has 1 atom stereocenters. The molecular formula is C16H24N4OS.